The second-order valence-corrected chi connectivity index (χ2v) is 7.74. The molecule has 1 aliphatic heterocycles. The second kappa shape index (κ2) is 6.99. The summed E-state index contributed by atoms with van der Waals surface area (Å²) in [6.45, 7) is 5.07. The zero-order valence-corrected chi connectivity index (χ0v) is 16.3. The molecule has 2 aromatic carbocycles. The van der Waals surface area contributed by atoms with Crippen LogP contribution in [-0.4, -0.2) is 24.1 Å². The predicted octanol–water partition coefficient (Wildman–Crippen LogP) is 4.48. The number of halogens is 1. The summed E-state index contributed by atoms with van der Waals surface area (Å²) in [6, 6.07) is 10.7. The monoisotopic (exact) mass is 418 g/mol. The molecule has 0 radical (unpaired) electrons. The van der Waals surface area contributed by atoms with Gasteiger partial charge in [0.15, 0.2) is 6.61 Å². The van der Waals surface area contributed by atoms with Gasteiger partial charge in [-0.25, -0.2) is 4.79 Å². The number of nitrogens with one attached hydrogen (secondary N) is 2. The van der Waals surface area contributed by atoms with Crippen molar-refractivity contribution in [2.24, 2.45) is 0 Å². The average Bonchev–Trinajstić information content (AvgIpc) is 2.67. The van der Waals surface area contributed by atoms with E-state index in [4.69, 9.17) is 9.47 Å². The Kier molecular flexibility index (Phi) is 4.91. The first kappa shape index (κ1) is 18.3. The number of rotatable bonds is 3. The molecule has 1 heterocycles. The number of amides is 1. The highest BCUT2D eigenvalue weighted by molar-refractivity contribution is 9.10. The molecule has 136 valence electrons. The van der Waals surface area contributed by atoms with E-state index in [-0.39, 0.29) is 12.5 Å². The molecule has 2 N–H and O–H groups in total. The number of carbonyl (C=O) groups is 2. The molecule has 0 unspecified atom stereocenters. The Bertz CT molecular complexity index is 874. The molecule has 0 saturated heterocycles. The van der Waals surface area contributed by atoms with Gasteiger partial charge in [0.1, 0.15) is 16.9 Å². The quantitative estimate of drug-likeness (QED) is 0.718. The molecule has 6 nitrogen and oxygen atoms in total. The first-order chi connectivity index (χ1) is 12.2. The number of fused-ring (bicyclic) bond motifs is 2. The van der Waals surface area contributed by atoms with Gasteiger partial charge in [0.05, 0.1) is 17.1 Å². The van der Waals surface area contributed by atoms with Gasteiger partial charge in [-0.2, -0.15) is 0 Å². The number of hydrogen-bond donors (Lipinski definition) is 2. The van der Waals surface area contributed by atoms with Gasteiger partial charge < -0.3 is 20.1 Å². The molecule has 0 aromatic heterocycles. The number of carbonyl (C=O) groups excluding carboxylic acids is 2. The predicted molar refractivity (Wildman–Crippen MR) is 103 cm³/mol. The fourth-order valence-electron chi connectivity index (χ4n) is 2.56. The lowest BCUT2D eigenvalue weighted by Crippen LogP contribution is -2.27. The van der Waals surface area contributed by atoms with Crippen LogP contribution in [0, 0.1) is 0 Å². The molecule has 26 heavy (non-hydrogen) atoms. The minimum atomic E-state index is -0.595. The van der Waals surface area contributed by atoms with E-state index in [0.717, 1.165) is 10.2 Å². The van der Waals surface area contributed by atoms with Gasteiger partial charge in [0, 0.05) is 4.47 Å². The smallest absolute Gasteiger partial charge is 0.344 e. The summed E-state index contributed by atoms with van der Waals surface area (Å²) in [4.78, 5) is 24.6. The van der Waals surface area contributed by atoms with Crippen molar-refractivity contribution in [2.75, 3.05) is 17.2 Å². The Hall–Kier alpha value is -2.54. The Morgan fingerprint density at radius 1 is 1.08 bits per heavy atom. The molecule has 1 amide bonds. The molecule has 1 aliphatic rings. The third-order valence-electron chi connectivity index (χ3n) is 3.52. The Morgan fingerprint density at radius 3 is 2.58 bits per heavy atom. The highest BCUT2D eigenvalue weighted by atomic mass is 79.9. The van der Waals surface area contributed by atoms with E-state index >= 15 is 0 Å². The SMILES string of the molecule is CC(C)(C)OC(=O)COc1cccc2c1C(=O)Nc1cc(Br)ccc1N2. The van der Waals surface area contributed by atoms with Crippen molar-refractivity contribution in [1.82, 2.24) is 0 Å². The molecule has 0 spiro atoms. The number of ether oxygens (including phenoxy) is 2. The lowest BCUT2D eigenvalue weighted by Gasteiger charge is -2.20. The van der Waals surface area contributed by atoms with Crippen molar-refractivity contribution in [3.8, 4) is 5.75 Å². The Balaban J connectivity index is 1.85. The van der Waals surface area contributed by atoms with E-state index in [9.17, 15) is 9.59 Å². The fraction of sp³-hybridized carbons (Fsp3) is 0.263. The maximum Gasteiger partial charge on any atom is 0.344 e. The molecular weight excluding hydrogens is 400 g/mol. The lowest BCUT2D eigenvalue weighted by atomic mass is 10.1. The van der Waals surface area contributed by atoms with Gasteiger partial charge in [-0.3, -0.25) is 4.79 Å². The van der Waals surface area contributed by atoms with Crippen molar-refractivity contribution in [3.05, 3.63) is 46.4 Å². The molecule has 0 aliphatic carbocycles. The van der Waals surface area contributed by atoms with Crippen molar-refractivity contribution >= 4 is 44.9 Å². The molecular formula is C19H19BrN2O4. The number of anilines is 3. The van der Waals surface area contributed by atoms with Crippen LogP contribution in [-0.2, 0) is 9.53 Å². The van der Waals surface area contributed by atoms with Crippen LogP contribution in [0.1, 0.15) is 31.1 Å². The Labute approximate surface area is 160 Å². The summed E-state index contributed by atoms with van der Waals surface area (Å²) < 4.78 is 11.7. The second-order valence-electron chi connectivity index (χ2n) is 6.82. The first-order valence-electron chi connectivity index (χ1n) is 8.08. The molecule has 7 heteroatoms. The van der Waals surface area contributed by atoms with E-state index in [1.165, 1.54) is 0 Å². The summed E-state index contributed by atoms with van der Waals surface area (Å²) >= 11 is 3.39. The minimum absolute atomic E-state index is 0.278. The fourth-order valence-corrected chi connectivity index (χ4v) is 2.92. The van der Waals surface area contributed by atoms with Crippen molar-refractivity contribution in [1.29, 1.82) is 0 Å². The minimum Gasteiger partial charge on any atom is -0.481 e. The molecule has 0 bridgehead atoms. The van der Waals surface area contributed by atoms with Crippen LogP contribution in [0.3, 0.4) is 0 Å². The molecule has 0 atom stereocenters. The van der Waals surface area contributed by atoms with Crippen molar-refractivity contribution in [2.45, 2.75) is 26.4 Å². The van der Waals surface area contributed by atoms with Gasteiger partial charge >= 0.3 is 5.97 Å². The van der Waals surface area contributed by atoms with Crippen LogP contribution in [0.2, 0.25) is 0 Å². The van der Waals surface area contributed by atoms with Crippen LogP contribution >= 0.6 is 15.9 Å². The maximum absolute atomic E-state index is 12.7. The molecule has 2 aromatic rings. The highest BCUT2D eigenvalue weighted by Crippen LogP contribution is 2.37. The van der Waals surface area contributed by atoms with Crippen molar-refractivity contribution in [3.63, 3.8) is 0 Å². The third-order valence-corrected chi connectivity index (χ3v) is 4.01. The molecule has 3 rings (SSSR count). The summed E-state index contributed by atoms with van der Waals surface area (Å²) in [6.07, 6.45) is 0. The number of esters is 1. The lowest BCUT2D eigenvalue weighted by molar-refractivity contribution is -0.157. The maximum atomic E-state index is 12.7. The zero-order chi connectivity index (χ0) is 18.9. The Morgan fingerprint density at radius 2 is 1.85 bits per heavy atom. The van der Waals surface area contributed by atoms with Gasteiger partial charge in [-0.05, 0) is 51.1 Å². The molecule has 0 fully saturated rings. The van der Waals surface area contributed by atoms with Gasteiger partial charge in [0.25, 0.3) is 5.91 Å². The van der Waals surface area contributed by atoms with E-state index < -0.39 is 11.6 Å². The number of hydrogen-bond acceptors (Lipinski definition) is 5. The largest absolute Gasteiger partial charge is 0.481 e. The van der Waals surface area contributed by atoms with Gasteiger partial charge in [-0.1, -0.05) is 22.0 Å². The first-order valence-corrected chi connectivity index (χ1v) is 8.88. The van der Waals surface area contributed by atoms with Crippen LogP contribution < -0.4 is 15.4 Å². The van der Waals surface area contributed by atoms with E-state index in [2.05, 4.69) is 26.6 Å². The standard InChI is InChI=1S/C19H19BrN2O4/c1-19(2,3)26-16(23)10-25-15-6-4-5-13-17(15)18(24)22-14-9-11(20)7-8-12(14)21-13/h4-9,21H,10H2,1-3H3,(H,22,24). The van der Waals surface area contributed by atoms with Crippen LogP contribution in [0.5, 0.6) is 5.75 Å². The van der Waals surface area contributed by atoms with E-state index in [0.29, 0.717) is 22.7 Å². The normalized spacial score (nSPS) is 12.8. The van der Waals surface area contributed by atoms with Crippen molar-refractivity contribution < 1.29 is 19.1 Å². The summed E-state index contributed by atoms with van der Waals surface area (Å²) in [5, 5.41) is 6.08. The summed E-state index contributed by atoms with van der Waals surface area (Å²) in [5.74, 6) is -0.501. The van der Waals surface area contributed by atoms with E-state index in [1.807, 2.05) is 18.2 Å². The number of benzene rings is 2. The van der Waals surface area contributed by atoms with Crippen LogP contribution in [0.4, 0.5) is 17.1 Å². The topological polar surface area (TPSA) is 76.7 Å². The van der Waals surface area contributed by atoms with E-state index in [1.54, 1.807) is 39.0 Å². The summed E-state index contributed by atoms with van der Waals surface area (Å²) in [5.41, 5.74) is 1.76. The van der Waals surface area contributed by atoms with Gasteiger partial charge in [0.2, 0.25) is 0 Å². The third kappa shape index (κ3) is 4.16. The van der Waals surface area contributed by atoms with Gasteiger partial charge in [-0.15, -0.1) is 0 Å². The van der Waals surface area contributed by atoms with Crippen LogP contribution in [0.25, 0.3) is 0 Å². The van der Waals surface area contributed by atoms with Crippen LogP contribution in [0.15, 0.2) is 40.9 Å². The molecule has 0 saturated carbocycles. The zero-order valence-electron chi connectivity index (χ0n) is 14.7. The summed E-state index contributed by atoms with van der Waals surface area (Å²) in [7, 11) is 0. The average molecular weight is 419 g/mol. The highest BCUT2D eigenvalue weighted by Gasteiger charge is 2.24.